The molecule has 0 saturated carbocycles. The SMILES string of the molecule is Cc1nccc(-c2noc(-c3ccc(F)c(N)c3)n2)n1. The molecule has 0 atom stereocenters. The van der Waals surface area contributed by atoms with Gasteiger partial charge in [0.25, 0.3) is 5.89 Å². The van der Waals surface area contributed by atoms with Crippen LogP contribution in [-0.4, -0.2) is 20.1 Å². The van der Waals surface area contributed by atoms with E-state index >= 15 is 0 Å². The summed E-state index contributed by atoms with van der Waals surface area (Å²) in [6.07, 6.45) is 1.61. The second-order valence-electron chi connectivity index (χ2n) is 4.15. The van der Waals surface area contributed by atoms with Crippen LogP contribution in [0.15, 0.2) is 35.0 Å². The van der Waals surface area contributed by atoms with Crippen LogP contribution < -0.4 is 5.73 Å². The maximum Gasteiger partial charge on any atom is 0.258 e. The van der Waals surface area contributed by atoms with Crippen LogP contribution in [0, 0.1) is 12.7 Å². The Bertz CT molecular complexity index is 771. The number of nitrogens with two attached hydrogens (primary N) is 1. The van der Waals surface area contributed by atoms with Crippen molar-refractivity contribution in [1.29, 1.82) is 0 Å². The first kappa shape index (κ1) is 12.2. The smallest absolute Gasteiger partial charge is 0.258 e. The van der Waals surface area contributed by atoms with Crippen LogP contribution in [-0.2, 0) is 0 Å². The third-order valence-corrected chi connectivity index (χ3v) is 2.67. The van der Waals surface area contributed by atoms with Crippen molar-refractivity contribution in [2.45, 2.75) is 6.92 Å². The van der Waals surface area contributed by atoms with Crippen LogP contribution in [0.25, 0.3) is 23.0 Å². The summed E-state index contributed by atoms with van der Waals surface area (Å²) in [6, 6.07) is 5.90. The maximum absolute atomic E-state index is 13.1. The van der Waals surface area contributed by atoms with E-state index in [0.717, 1.165) is 0 Å². The van der Waals surface area contributed by atoms with Crippen LogP contribution in [0.4, 0.5) is 10.1 Å². The van der Waals surface area contributed by atoms with Gasteiger partial charge in [-0.2, -0.15) is 4.98 Å². The van der Waals surface area contributed by atoms with Gasteiger partial charge < -0.3 is 10.3 Å². The maximum atomic E-state index is 13.1. The highest BCUT2D eigenvalue weighted by Gasteiger charge is 2.13. The van der Waals surface area contributed by atoms with Crippen LogP contribution in [0.5, 0.6) is 0 Å². The molecule has 0 fully saturated rings. The minimum Gasteiger partial charge on any atom is -0.396 e. The zero-order valence-electron chi connectivity index (χ0n) is 10.5. The molecule has 6 nitrogen and oxygen atoms in total. The van der Waals surface area contributed by atoms with Crippen LogP contribution in [0.1, 0.15) is 5.82 Å². The predicted molar refractivity (Wildman–Crippen MR) is 69.9 cm³/mol. The van der Waals surface area contributed by atoms with Gasteiger partial charge in [-0.3, -0.25) is 0 Å². The summed E-state index contributed by atoms with van der Waals surface area (Å²) < 4.78 is 18.3. The Morgan fingerprint density at radius 2 is 2.05 bits per heavy atom. The number of hydrogen-bond acceptors (Lipinski definition) is 6. The Hall–Kier alpha value is -2.83. The summed E-state index contributed by atoms with van der Waals surface area (Å²) >= 11 is 0. The van der Waals surface area contributed by atoms with Gasteiger partial charge in [-0.1, -0.05) is 5.16 Å². The lowest BCUT2D eigenvalue weighted by atomic mass is 10.2. The van der Waals surface area contributed by atoms with Crippen molar-refractivity contribution < 1.29 is 8.91 Å². The van der Waals surface area contributed by atoms with Crippen LogP contribution >= 0.6 is 0 Å². The Morgan fingerprint density at radius 3 is 2.80 bits per heavy atom. The number of anilines is 1. The van der Waals surface area contributed by atoms with E-state index in [2.05, 4.69) is 20.1 Å². The summed E-state index contributed by atoms with van der Waals surface area (Å²) in [6.45, 7) is 1.77. The molecule has 0 amide bonds. The van der Waals surface area contributed by atoms with Crippen molar-refractivity contribution in [3.05, 3.63) is 42.1 Å². The molecule has 20 heavy (non-hydrogen) atoms. The fourth-order valence-corrected chi connectivity index (χ4v) is 1.70. The summed E-state index contributed by atoms with van der Waals surface area (Å²) in [5, 5.41) is 3.85. The molecule has 0 spiro atoms. The first-order valence-electron chi connectivity index (χ1n) is 5.82. The topological polar surface area (TPSA) is 90.7 Å². The standard InChI is InChI=1S/C13H10FN5O/c1-7-16-5-4-11(17-7)12-18-13(20-19-12)8-2-3-9(14)10(15)6-8/h2-6H,15H2,1H3. The molecule has 7 heteroatoms. The van der Waals surface area contributed by atoms with Gasteiger partial charge in [0, 0.05) is 11.8 Å². The van der Waals surface area contributed by atoms with Gasteiger partial charge in [-0.25, -0.2) is 14.4 Å². The molecule has 0 radical (unpaired) electrons. The molecule has 0 saturated heterocycles. The highest BCUT2D eigenvalue weighted by Crippen LogP contribution is 2.23. The molecule has 1 aromatic carbocycles. The van der Waals surface area contributed by atoms with Gasteiger partial charge in [0.15, 0.2) is 0 Å². The summed E-state index contributed by atoms with van der Waals surface area (Å²) in [7, 11) is 0. The fraction of sp³-hybridized carbons (Fsp3) is 0.0769. The fourth-order valence-electron chi connectivity index (χ4n) is 1.70. The molecule has 0 aliphatic rings. The summed E-state index contributed by atoms with van der Waals surface area (Å²) in [5.41, 5.74) is 6.65. The van der Waals surface area contributed by atoms with E-state index in [1.54, 1.807) is 19.2 Å². The molecule has 2 heterocycles. The lowest BCUT2D eigenvalue weighted by molar-refractivity contribution is 0.432. The van der Waals surface area contributed by atoms with E-state index in [1.165, 1.54) is 18.2 Å². The normalized spacial score (nSPS) is 10.7. The van der Waals surface area contributed by atoms with E-state index in [9.17, 15) is 4.39 Å². The van der Waals surface area contributed by atoms with Crippen molar-refractivity contribution in [3.63, 3.8) is 0 Å². The molecule has 0 aliphatic heterocycles. The van der Waals surface area contributed by atoms with Gasteiger partial charge in [-0.05, 0) is 31.2 Å². The van der Waals surface area contributed by atoms with Gasteiger partial charge in [0.05, 0.1) is 5.69 Å². The van der Waals surface area contributed by atoms with Gasteiger partial charge in [0.2, 0.25) is 5.82 Å². The van der Waals surface area contributed by atoms with Crippen molar-refractivity contribution in [1.82, 2.24) is 20.1 Å². The van der Waals surface area contributed by atoms with Crippen molar-refractivity contribution in [2.75, 3.05) is 5.73 Å². The third kappa shape index (κ3) is 2.20. The van der Waals surface area contributed by atoms with Crippen molar-refractivity contribution in [2.24, 2.45) is 0 Å². The molecule has 3 rings (SSSR count). The van der Waals surface area contributed by atoms with Gasteiger partial charge in [0.1, 0.15) is 17.3 Å². The molecule has 2 N–H and O–H groups in total. The zero-order chi connectivity index (χ0) is 14.1. The number of nitrogen functional groups attached to an aromatic ring is 1. The number of rotatable bonds is 2. The average molecular weight is 271 g/mol. The van der Waals surface area contributed by atoms with Crippen LogP contribution in [0.2, 0.25) is 0 Å². The van der Waals surface area contributed by atoms with Gasteiger partial charge in [-0.15, -0.1) is 0 Å². The molecule has 3 aromatic rings. The molecular formula is C13H10FN5O. The lowest BCUT2D eigenvalue weighted by Gasteiger charge is -1.97. The molecule has 0 unspecified atom stereocenters. The van der Waals surface area contributed by atoms with E-state index < -0.39 is 5.82 Å². The molecular weight excluding hydrogens is 261 g/mol. The third-order valence-electron chi connectivity index (χ3n) is 2.67. The zero-order valence-corrected chi connectivity index (χ0v) is 10.5. The van der Waals surface area contributed by atoms with E-state index in [0.29, 0.717) is 22.9 Å². The summed E-state index contributed by atoms with van der Waals surface area (Å²) in [4.78, 5) is 12.4. The van der Waals surface area contributed by atoms with Gasteiger partial charge >= 0.3 is 0 Å². The monoisotopic (exact) mass is 271 g/mol. The Balaban J connectivity index is 1.99. The van der Waals surface area contributed by atoms with Crippen LogP contribution in [0.3, 0.4) is 0 Å². The first-order valence-corrected chi connectivity index (χ1v) is 5.82. The largest absolute Gasteiger partial charge is 0.396 e. The number of aromatic nitrogens is 4. The first-order chi connectivity index (χ1) is 9.63. The Morgan fingerprint density at radius 1 is 1.20 bits per heavy atom. The average Bonchev–Trinajstić information content (AvgIpc) is 2.92. The van der Waals surface area contributed by atoms with E-state index in [1.807, 2.05) is 0 Å². The second-order valence-corrected chi connectivity index (χ2v) is 4.15. The highest BCUT2D eigenvalue weighted by atomic mass is 19.1. The minimum atomic E-state index is -0.486. The number of benzene rings is 1. The minimum absolute atomic E-state index is 0.0279. The Labute approximate surface area is 113 Å². The molecule has 100 valence electrons. The quantitative estimate of drug-likeness (QED) is 0.719. The number of nitrogens with zero attached hydrogens (tertiary/aromatic N) is 4. The lowest BCUT2D eigenvalue weighted by Crippen LogP contribution is -1.92. The van der Waals surface area contributed by atoms with Crippen molar-refractivity contribution in [3.8, 4) is 23.0 Å². The summed E-state index contributed by atoms with van der Waals surface area (Å²) in [5.74, 6) is 0.719. The van der Waals surface area contributed by atoms with Crippen molar-refractivity contribution >= 4 is 5.69 Å². The number of aryl methyl sites for hydroxylation is 1. The second kappa shape index (κ2) is 4.69. The molecule has 2 aromatic heterocycles. The van der Waals surface area contributed by atoms with E-state index in [-0.39, 0.29) is 11.6 Å². The molecule has 0 aliphatic carbocycles. The Kier molecular flexibility index (Phi) is 2.86. The number of hydrogen-bond donors (Lipinski definition) is 1. The number of halogens is 1. The highest BCUT2D eigenvalue weighted by molar-refractivity contribution is 5.62. The molecule has 0 bridgehead atoms. The predicted octanol–water partition coefficient (Wildman–Crippen LogP) is 2.22. The van der Waals surface area contributed by atoms with E-state index in [4.69, 9.17) is 10.3 Å².